The SMILES string of the molecule is COc1ccc(F)c(-c2nc(N)nc(N([C@H](C)C3CC3)[C@H](C)C3CC3)n2)c1. The Hall–Kier alpha value is -2.44. The number of nitrogens with zero attached hydrogens (tertiary/aromatic N) is 4. The number of ether oxygens (including phenoxy) is 1. The first kappa shape index (κ1) is 17.9. The van der Waals surface area contributed by atoms with E-state index in [1.165, 1.54) is 31.7 Å². The number of benzene rings is 1. The van der Waals surface area contributed by atoms with Crippen molar-refractivity contribution in [2.75, 3.05) is 17.7 Å². The van der Waals surface area contributed by atoms with Crippen LogP contribution in [0.5, 0.6) is 5.75 Å². The molecule has 2 atom stereocenters. The lowest BCUT2D eigenvalue weighted by Gasteiger charge is -2.35. The molecule has 0 aliphatic heterocycles. The molecule has 1 heterocycles. The lowest BCUT2D eigenvalue weighted by atomic mass is 10.1. The van der Waals surface area contributed by atoms with Gasteiger partial charge in [0, 0.05) is 12.1 Å². The quantitative estimate of drug-likeness (QED) is 0.800. The highest BCUT2D eigenvalue weighted by Gasteiger charge is 2.40. The topological polar surface area (TPSA) is 77.2 Å². The molecule has 0 unspecified atom stereocenters. The molecule has 2 saturated carbocycles. The van der Waals surface area contributed by atoms with E-state index in [1.54, 1.807) is 19.2 Å². The van der Waals surface area contributed by atoms with E-state index in [-0.39, 0.29) is 17.3 Å². The molecular weight excluding hydrogens is 345 g/mol. The Balaban J connectivity index is 1.76. The van der Waals surface area contributed by atoms with Crippen LogP contribution in [-0.2, 0) is 0 Å². The van der Waals surface area contributed by atoms with Crippen molar-refractivity contribution < 1.29 is 9.13 Å². The molecule has 7 heteroatoms. The van der Waals surface area contributed by atoms with Crippen LogP contribution in [0.15, 0.2) is 18.2 Å². The van der Waals surface area contributed by atoms with Crippen LogP contribution in [0.2, 0.25) is 0 Å². The molecule has 0 spiro atoms. The van der Waals surface area contributed by atoms with Gasteiger partial charge in [0.15, 0.2) is 5.82 Å². The Kier molecular flexibility index (Phi) is 4.61. The van der Waals surface area contributed by atoms with Crippen LogP contribution in [0.1, 0.15) is 39.5 Å². The molecule has 4 rings (SSSR count). The lowest BCUT2D eigenvalue weighted by molar-refractivity contribution is 0.414. The second-order valence-corrected chi connectivity index (χ2v) is 7.73. The van der Waals surface area contributed by atoms with Crippen molar-refractivity contribution >= 4 is 11.9 Å². The number of halogens is 1. The van der Waals surface area contributed by atoms with Gasteiger partial charge in [0.05, 0.1) is 12.7 Å². The summed E-state index contributed by atoms with van der Waals surface area (Å²) in [5, 5.41) is 0. The maximum Gasteiger partial charge on any atom is 0.231 e. The second kappa shape index (κ2) is 6.94. The molecule has 0 bridgehead atoms. The van der Waals surface area contributed by atoms with Crippen LogP contribution in [0.25, 0.3) is 11.4 Å². The molecule has 2 aliphatic rings. The van der Waals surface area contributed by atoms with Crippen LogP contribution in [-0.4, -0.2) is 34.1 Å². The third kappa shape index (κ3) is 3.68. The number of nitrogens with two attached hydrogens (primary N) is 1. The van der Waals surface area contributed by atoms with Gasteiger partial charge in [0.25, 0.3) is 0 Å². The van der Waals surface area contributed by atoms with Crippen LogP contribution >= 0.6 is 0 Å². The maximum absolute atomic E-state index is 14.4. The maximum atomic E-state index is 14.4. The molecule has 144 valence electrons. The van der Waals surface area contributed by atoms with Crippen LogP contribution in [0.3, 0.4) is 0 Å². The van der Waals surface area contributed by atoms with Crippen molar-refractivity contribution in [3.05, 3.63) is 24.0 Å². The van der Waals surface area contributed by atoms with E-state index in [2.05, 4.69) is 33.7 Å². The third-order valence-electron chi connectivity index (χ3n) is 5.77. The van der Waals surface area contributed by atoms with E-state index in [9.17, 15) is 4.39 Å². The highest BCUT2D eigenvalue weighted by molar-refractivity contribution is 5.61. The predicted molar refractivity (Wildman–Crippen MR) is 103 cm³/mol. The minimum atomic E-state index is -0.413. The van der Waals surface area contributed by atoms with Crippen LogP contribution < -0.4 is 15.4 Å². The summed E-state index contributed by atoms with van der Waals surface area (Å²) in [6.07, 6.45) is 4.92. The molecule has 1 aromatic heterocycles. The number of anilines is 2. The van der Waals surface area contributed by atoms with Gasteiger partial charge >= 0.3 is 0 Å². The van der Waals surface area contributed by atoms with Crippen molar-refractivity contribution in [1.82, 2.24) is 15.0 Å². The summed E-state index contributed by atoms with van der Waals surface area (Å²) in [6.45, 7) is 4.45. The first-order valence-corrected chi connectivity index (χ1v) is 9.61. The molecule has 2 N–H and O–H groups in total. The summed E-state index contributed by atoms with van der Waals surface area (Å²) in [6, 6.07) is 5.16. The minimum absolute atomic E-state index is 0.105. The Morgan fingerprint density at radius 3 is 2.26 bits per heavy atom. The minimum Gasteiger partial charge on any atom is -0.497 e. The molecule has 0 radical (unpaired) electrons. The summed E-state index contributed by atoms with van der Waals surface area (Å²) in [5.41, 5.74) is 6.26. The first-order chi connectivity index (χ1) is 13.0. The van der Waals surface area contributed by atoms with Gasteiger partial charge in [-0.2, -0.15) is 15.0 Å². The standard InChI is InChI=1S/C20H26FN5O/c1-11(13-4-5-13)26(12(2)14-6-7-14)20-24-18(23-19(22)25-20)16-10-15(27-3)8-9-17(16)21/h8-14H,4-7H2,1-3H3,(H2,22,23,24,25)/t11-,12-/m1/s1. The smallest absolute Gasteiger partial charge is 0.231 e. The van der Waals surface area contributed by atoms with Gasteiger partial charge < -0.3 is 15.4 Å². The van der Waals surface area contributed by atoms with Crippen molar-refractivity contribution in [3.8, 4) is 17.1 Å². The molecule has 0 amide bonds. The Labute approximate surface area is 159 Å². The number of hydrogen-bond donors (Lipinski definition) is 1. The Morgan fingerprint density at radius 1 is 1.07 bits per heavy atom. The Bertz CT molecular complexity index is 819. The molecule has 1 aromatic carbocycles. The number of methoxy groups -OCH3 is 1. The van der Waals surface area contributed by atoms with E-state index < -0.39 is 5.82 Å². The van der Waals surface area contributed by atoms with Crippen molar-refractivity contribution in [2.24, 2.45) is 11.8 Å². The largest absolute Gasteiger partial charge is 0.497 e. The van der Waals surface area contributed by atoms with Crippen molar-refractivity contribution in [2.45, 2.75) is 51.6 Å². The monoisotopic (exact) mass is 371 g/mol. The van der Waals surface area contributed by atoms with E-state index in [0.717, 1.165) is 0 Å². The van der Waals surface area contributed by atoms with Crippen molar-refractivity contribution in [3.63, 3.8) is 0 Å². The average molecular weight is 371 g/mol. The van der Waals surface area contributed by atoms with E-state index in [1.807, 2.05) is 0 Å². The van der Waals surface area contributed by atoms with E-state index in [0.29, 0.717) is 35.6 Å². The number of rotatable bonds is 7. The summed E-state index contributed by atoms with van der Waals surface area (Å²) in [5.74, 6) is 2.32. The molecule has 6 nitrogen and oxygen atoms in total. The zero-order valence-corrected chi connectivity index (χ0v) is 16.0. The number of nitrogen functional groups attached to an aromatic ring is 1. The average Bonchev–Trinajstić information content (AvgIpc) is 3.54. The highest BCUT2D eigenvalue weighted by atomic mass is 19.1. The predicted octanol–water partition coefficient (Wildman–Crippen LogP) is 3.67. The molecule has 2 aliphatic carbocycles. The molecule has 2 aromatic rings. The molecular formula is C20H26FN5O. The number of hydrogen-bond acceptors (Lipinski definition) is 6. The van der Waals surface area contributed by atoms with E-state index in [4.69, 9.17) is 10.5 Å². The van der Waals surface area contributed by atoms with Gasteiger partial charge in [-0.1, -0.05) is 0 Å². The first-order valence-electron chi connectivity index (χ1n) is 9.61. The van der Waals surface area contributed by atoms with Gasteiger partial charge in [0.2, 0.25) is 11.9 Å². The highest BCUT2D eigenvalue weighted by Crippen LogP contribution is 2.42. The molecule has 2 fully saturated rings. The fraction of sp³-hybridized carbons (Fsp3) is 0.550. The second-order valence-electron chi connectivity index (χ2n) is 7.73. The fourth-order valence-corrected chi connectivity index (χ4v) is 3.77. The number of aromatic nitrogens is 3. The van der Waals surface area contributed by atoms with Crippen molar-refractivity contribution in [1.29, 1.82) is 0 Å². The zero-order chi connectivity index (χ0) is 19.1. The molecule has 0 saturated heterocycles. The van der Waals surface area contributed by atoms with Gasteiger partial charge in [0.1, 0.15) is 11.6 Å². The summed E-state index contributed by atoms with van der Waals surface area (Å²) < 4.78 is 19.7. The molecule has 27 heavy (non-hydrogen) atoms. The van der Waals surface area contributed by atoms with Gasteiger partial charge in [-0.05, 0) is 69.6 Å². The van der Waals surface area contributed by atoms with Crippen LogP contribution in [0.4, 0.5) is 16.3 Å². The van der Waals surface area contributed by atoms with Gasteiger partial charge in [-0.25, -0.2) is 4.39 Å². The Morgan fingerprint density at radius 2 is 1.70 bits per heavy atom. The zero-order valence-electron chi connectivity index (χ0n) is 16.0. The van der Waals surface area contributed by atoms with E-state index >= 15 is 0 Å². The summed E-state index contributed by atoms with van der Waals surface area (Å²) >= 11 is 0. The third-order valence-corrected chi connectivity index (χ3v) is 5.77. The fourth-order valence-electron chi connectivity index (χ4n) is 3.77. The van der Waals surface area contributed by atoms with Gasteiger partial charge in [-0.3, -0.25) is 0 Å². The van der Waals surface area contributed by atoms with Gasteiger partial charge in [-0.15, -0.1) is 0 Å². The summed E-state index contributed by atoms with van der Waals surface area (Å²) in [7, 11) is 1.54. The lowest BCUT2D eigenvalue weighted by Crippen LogP contribution is -2.44. The normalized spacial score (nSPS) is 18.8. The van der Waals surface area contributed by atoms with Crippen LogP contribution in [0, 0.1) is 17.7 Å². The summed E-state index contributed by atoms with van der Waals surface area (Å²) in [4.78, 5) is 15.5.